The van der Waals surface area contributed by atoms with Gasteiger partial charge in [0.15, 0.2) is 0 Å². The van der Waals surface area contributed by atoms with Crippen LogP contribution in [0.3, 0.4) is 0 Å². The molecule has 2 heteroatoms. The number of hydrogen-bond acceptors (Lipinski definition) is 2. The van der Waals surface area contributed by atoms with Crippen molar-refractivity contribution in [1.82, 2.24) is 10.6 Å². The highest BCUT2D eigenvalue weighted by molar-refractivity contribution is 5.01. The van der Waals surface area contributed by atoms with Crippen molar-refractivity contribution in [2.24, 2.45) is 23.2 Å². The van der Waals surface area contributed by atoms with Gasteiger partial charge in [-0.3, -0.25) is 0 Å². The van der Waals surface area contributed by atoms with Crippen LogP contribution in [0.15, 0.2) is 0 Å². The first kappa shape index (κ1) is 14.8. The number of hydrogen-bond donors (Lipinski definition) is 2. The first-order valence-electron chi connectivity index (χ1n) is 9.09. The predicted molar refractivity (Wildman–Crippen MR) is 85.8 cm³/mol. The van der Waals surface area contributed by atoms with Crippen LogP contribution < -0.4 is 10.6 Å². The first-order chi connectivity index (χ1) is 9.65. The monoisotopic (exact) mass is 278 g/mol. The molecule has 0 unspecified atom stereocenters. The summed E-state index contributed by atoms with van der Waals surface area (Å²) in [5.41, 5.74) is 0.762. The third-order valence-electron chi connectivity index (χ3n) is 6.08. The van der Waals surface area contributed by atoms with Crippen LogP contribution in [0, 0.1) is 23.2 Å². The molecular weight excluding hydrogens is 244 g/mol. The lowest BCUT2D eigenvalue weighted by Crippen LogP contribution is -2.47. The summed E-state index contributed by atoms with van der Waals surface area (Å²) in [6.07, 6.45) is 12.1. The van der Waals surface area contributed by atoms with Crippen LogP contribution in [0.5, 0.6) is 0 Å². The Morgan fingerprint density at radius 2 is 1.50 bits per heavy atom. The van der Waals surface area contributed by atoms with Gasteiger partial charge in [-0.25, -0.2) is 0 Å². The van der Waals surface area contributed by atoms with E-state index < -0.39 is 0 Å². The molecular formula is C18H34N2. The Morgan fingerprint density at radius 3 is 2.05 bits per heavy atom. The third-order valence-corrected chi connectivity index (χ3v) is 6.08. The summed E-state index contributed by atoms with van der Waals surface area (Å²) in [5.74, 6) is 3.32. The zero-order chi connectivity index (χ0) is 14.0. The van der Waals surface area contributed by atoms with E-state index >= 15 is 0 Å². The average molecular weight is 278 g/mol. The Morgan fingerprint density at radius 1 is 0.900 bits per heavy atom. The molecule has 0 aromatic rings. The van der Waals surface area contributed by atoms with Crippen molar-refractivity contribution in [3.63, 3.8) is 0 Å². The van der Waals surface area contributed by atoms with Crippen molar-refractivity contribution in [2.45, 2.75) is 71.3 Å². The van der Waals surface area contributed by atoms with E-state index in [0.29, 0.717) is 6.04 Å². The minimum Gasteiger partial charge on any atom is -0.317 e. The topological polar surface area (TPSA) is 24.1 Å². The predicted octanol–water partition coefficient (Wildman–Crippen LogP) is 3.57. The molecule has 0 amide bonds. The Labute approximate surface area is 125 Å². The van der Waals surface area contributed by atoms with E-state index in [0.717, 1.165) is 29.7 Å². The van der Waals surface area contributed by atoms with E-state index in [-0.39, 0.29) is 0 Å². The summed E-state index contributed by atoms with van der Waals surface area (Å²) < 4.78 is 0. The fourth-order valence-corrected chi connectivity index (χ4v) is 5.68. The van der Waals surface area contributed by atoms with Gasteiger partial charge >= 0.3 is 0 Å². The van der Waals surface area contributed by atoms with Crippen LogP contribution in [0.25, 0.3) is 0 Å². The van der Waals surface area contributed by atoms with Gasteiger partial charge in [0.2, 0.25) is 0 Å². The Hall–Kier alpha value is -0.0800. The standard InChI is InChI=1S/C18H34N2/c1-14(2)20-6-3-5-19-7-4-18-11-15-8-16(12-18)10-17(9-15)13-18/h14-17,19-20H,3-13H2,1-2H3. The van der Waals surface area contributed by atoms with Gasteiger partial charge in [0.1, 0.15) is 0 Å². The Bertz CT molecular complexity index is 275. The van der Waals surface area contributed by atoms with Crippen molar-refractivity contribution in [3.8, 4) is 0 Å². The first-order valence-corrected chi connectivity index (χ1v) is 9.09. The van der Waals surface area contributed by atoms with Gasteiger partial charge < -0.3 is 10.6 Å². The lowest BCUT2D eigenvalue weighted by molar-refractivity contribution is -0.0567. The fourth-order valence-electron chi connectivity index (χ4n) is 5.68. The van der Waals surface area contributed by atoms with Crippen LogP contribution in [-0.2, 0) is 0 Å². The van der Waals surface area contributed by atoms with Crippen LogP contribution in [0.2, 0.25) is 0 Å². The summed E-state index contributed by atoms with van der Waals surface area (Å²) in [6.45, 7) is 8.04. The number of rotatable bonds is 8. The molecule has 4 aliphatic rings. The lowest BCUT2D eigenvalue weighted by atomic mass is 9.49. The molecule has 0 aromatic carbocycles. The van der Waals surface area contributed by atoms with E-state index in [1.807, 2.05) is 0 Å². The van der Waals surface area contributed by atoms with Gasteiger partial charge in [0.25, 0.3) is 0 Å². The molecule has 2 N–H and O–H groups in total. The van der Waals surface area contributed by atoms with E-state index in [1.165, 1.54) is 25.9 Å². The van der Waals surface area contributed by atoms with Gasteiger partial charge in [0, 0.05) is 6.04 Å². The van der Waals surface area contributed by atoms with Gasteiger partial charge in [0.05, 0.1) is 0 Å². The Balaban J connectivity index is 1.33. The van der Waals surface area contributed by atoms with E-state index in [2.05, 4.69) is 24.5 Å². The van der Waals surface area contributed by atoms with Crippen LogP contribution in [0.4, 0.5) is 0 Å². The smallest absolute Gasteiger partial charge is 0.00103 e. The van der Waals surface area contributed by atoms with Crippen LogP contribution in [0.1, 0.15) is 65.2 Å². The maximum atomic E-state index is 3.69. The molecule has 2 nitrogen and oxygen atoms in total. The maximum absolute atomic E-state index is 3.69. The molecule has 0 atom stereocenters. The fraction of sp³-hybridized carbons (Fsp3) is 1.00. The molecule has 4 rings (SSSR count). The highest BCUT2D eigenvalue weighted by atomic mass is 14.9. The van der Waals surface area contributed by atoms with Gasteiger partial charge in [-0.1, -0.05) is 13.8 Å². The lowest BCUT2D eigenvalue weighted by Gasteiger charge is -2.57. The minimum absolute atomic E-state index is 0.627. The summed E-state index contributed by atoms with van der Waals surface area (Å²) in [7, 11) is 0. The van der Waals surface area contributed by atoms with Gasteiger partial charge in [-0.2, -0.15) is 0 Å². The zero-order valence-corrected chi connectivity index (χ0v) is 13.6. The highest BCUT2D eigenvalue weighted by Gasteiger charge is 2.50. The second kappa shape index (κ2) is 6.36. The molecule has 0 aliphatic heterocycles. The Kier molecular flexibility index (Phi) is 4.72. The van der Waals surface area contributed by atoms with Crippen molar-refractivity contribution in [3.05, 3.63) is 0 Å². The molecule has 4 aliphatic carbocycles. The minimum atomic E-state index is 0.627. The average Bonchev–Trinajstić information content (AvgIpc) is 2.35. The highest BCUT2D eigenvalue weighted by Crippen LogP contribution is 2.61. The quantitative estimate of drug-likeness (QED) is 0.663. The van der Waals surface area contributed by atoms with E-state index in [9.17, 15) is 0 Å². The van der Waals surface area contributed by atoms with E-state index in [1.54, 1.807) is 38.5 Å². The summed E-state index contributed by atoms with van der Waals surface area (Å²) in [6, 6.07) is 0.627. The molecule has 4 fully saturated rings. The van der Waals surface area contributed by atoms with Crippen molar-refractivity contribution in [1.29, 1.82) is 0 Å². The van der Waals surface area contributed by atoms with Crippen LogP contribution >= 0.6 is 0 Å². The van der Waals surface area contributed by atoms with E-state index in [4.69, 9.17) is 0 Å². The molecule has 0 aromatic heterocycles. The van der Waals surface area contributed by atoms with Gasteiger partial charge in [-0.05, 0) is 94.2 Å². The summed E-state index contributed by atoms with van der Waals surface area (Å²) in [4.78, 5) is 0. The second-order valence-corrected chi connectivity index (χ2v) is 8.38. The molecule has 0 heterocycles. The summed E-state index contributed by atoms with van der Waals surface area (Å²) >= 11 is 0. The van der Waals surface area contributed by atoms with Crippen LogP contribution in [-0.4, -0.2) is 25.7 Å². The molecule has 0 saturated heterocycles. The van der Waals surface area contributed by atoms with Crippen molar-refractivity contribution < 1.29 is 0 Å². The molecule has 4 bridgehead atoms. The molecule has 4 saturated carbocycles. The normalized spacial score (nSPS) is 38.9. The molecule has 116 valence electrons. The molecule has 20 heavy (non-hydrogen) atoms. The molecule has 0 spiro atoms. The van der Waals surface area contributed by atoms with Crippen molar-refractivity contribution >= 4 is 0 Å². The molecule has 0 radical (unpaired) electrons. The summed E-state index contributed by atoms with van der Waals surface area (Å²) in [5, 5.41) is 7.19. The number of nitrogens with one attached hydrogen (secondary N) is 2. The van der Waals surface area contributed by atoms with Gasteiger partial charge in [-0.15, -0.1) is 0 Å². The SMILES string of the molecule is CC(C)NCCCNCCC12CC3CC(CC(C3)C1)C2. The largest absolute Gasteiger partial charge is 0.317 e. The van der Waals surface area contributed by atoms with Crippen molar-refractivity contribution in [2.75, 3.05) is 19.6 Å². The third kappa shape index (κ3) is 3.57. The zero-order valence-electron chi connectivity index (χ0n) is 13.6. The second-order valence-electron chi connectivity index (χ2n) is 8.38. The maximum Gasteiger partial charge on any atom is 0.00103 e.